The molecule has 0 spiro atoms. The van der Waals surface area contributed by atoms with E-state index < -0.39 is 10.8 Å². The zero-order valence-corrected chi connectivity index (χ0v) is 11.9. The molecule has 1 aliphatic heterocycles. The highest BCUT2D eigenvalue weighted by molar-refractivity contribution is 5.94. The van der Waals surface area contributed by atoms with Crippen LogP contribution in [0.4, 0.5) is 11.4 Å². The van der Waals surface area contributed by atoms with Gasteiger partial charge in [-0.15, -0.1) is 0 Å². The summed E-state index contributed by atoms with van der Waals surface area (Å²) in [6, 6.07) is 4.33. The molecule has 2 rings (SSSR count). The summed E-state index contributed by atoms with van der Waals surface area (Å²) in [5.41, 5.74) is 5.56. The minimum absolute atomic E-state index is 0.0898. The van der Waals surface area contributed by atoms with Crippen LogP contribution in [0, 0.1) is 16.0 Å². The van der Waals surface area contributed by atoms with Gasteiger partial charge in [0.15, 0.2) is 0 Å². The maximum absolute atomic E-state index is 11.1. The Bertz CT molecular complexity index is 541. The SMILES string of the molecule is CC(Nc1ccc(C(N)=O)cc1[N+](=O)[O-])C1CCOCC1. The molecule has 0 radical (unpaired) electrons. The molecule has 1 heterocycles. The molecule has 0 aliphatic carbocycles. The van der Waals surface area contributed by atoms with Gasteiger partial charge >= 0.3 is 0 Å². The smallest absolute Gasteiger partial charge is 0.293 e. The first-order valence-corrected chi connectivity index (χ1v) is 6.91. The molecule has 7 nitrogen and oxygen atoms in total. The molecule has 0 aromatic heterocycles. The summed E-state index contributed by atoms with van der Waals surface area (Å²) in [6.07, 6.45) is 1.86. The number of ether oxygens (including phenoxy) is 1. The number of carbonyl (C=O) groups is 1. The first-order valence-electron chi connectivity index (χ1n) is 6.91. The van der Waals surface area contributed by atoms with Gasteiger partial charge in [0.05, 0.1) is 4.92 Å². The zero-order valence-electron chi connectivity index (χ0n) is 11.9. The average Bonchev–Trinajstić information content (AvgIpc) is 2.48. The highest BCUT2D eigenvalue weighted by Crippen LogP contribution is 2.29. The Kier molecular flexibility index (Phi) is 4.74. The maximum atomic E-state index is 11.1. The second-order valence-corrected chi connectivity index (χ2v) is 5.24. The van der Waals surface area contributed by atoms with Crippen molar-refractivity contribution in [3.63, 3.8) is 0 Å². The van der Waals surface area contributed by atoms with E-state index in [0.29, 0.717) is 11.6 Å². The molecule has 1 aliphatic rings. The van der Waals surface area contributed by atoms with Crippen molar-refractivity contribution in [2.24, 2.45) is 11.7 Å². The Morgan fingerprint density at radius 3 is 2.71 bits per heavy atom. The molecule has 1 amide bonds. The van der Waals surface area contributed by atoms with Crippen molar-refractivity contribution in [2.75, 3.05) is 18.5 Å². The number of rotatable bonds is 5. The van der Waals surface area contributed by atoms with Crippen LogP contribution in [0.25, 0.3) is 0 Å². The monoisotopic (exact) mass is 293 g/mol. The van der Waals surface area contributed by atoms with Gasteiger partial charge in [-0.2, -0.15) is 0 Å². The number of nitrogens with two attached hydrogens (primary N) is 1. The van der Waals surface area contributed by atoms with Gasteiger partial charge in [0.25, 0.3) is 5.69 Å². The van der Waals surface area contributed by atoms with E-state index in [4.69, 9.17) is 10.5 Å². The number of nitro benzene ring substituents is 1. The molecule has 1 saturated heterocycles. The van der Waals surface area contributed by atoms with Crippen molar-refractivity contribution in [3.8, 4) is 0 Å². The summed E-state index contributed by atoms with van der Waals surface area (Å²) in [6.45, 7) is 3.44. The van der Waals surface area contributed by atoms with E-state index in [0.717, 1.165) is 26.1 Å². The minimum Gasteiger partial charge on any atom is -0.381 e. The third kappa shape index (κ3) is 3.69. The lowest BCUT2D eigenvalue weighted by Gasteiger charge is -2.29. The molecular weight excluding hydrogens is 274 g/mol. The maximum Gasteiger partial charge on any atom is 0.293 e. The van der Waals surface area contributed by atoms with Gasteiger partial charge in [0.2, 0.25) is 5.91 Å². The molecule has 21 heavy (non-hydrogen) atoms. The molecule has 1 aromatic rings. The predicted molar refractivity (Wildman–Crippen MR) is 78.2 cm³/mol. The van der Waals surface area contributed by atoms with Crippen LogP contribution < -0.4 is 11.1 Å². The van der Waals surface area contributed by atoms with Gasteiger partial charge < -0.3 is 15.8 Å². The van der Waals surface area contributed by atoms with Crippen LogP contribution in [0.15, 0.2) is 18.2 Å². The van der Waals surface area contributed by atoms with Crippen molar-refractivity contribution in [1.29, 1.82) is 0 Å². The van der Waals surface area contributed by atoms with Gasteiger partial charge in [0.1, 0.15) is 5.69 Å². The first kappa shape index (κ1) is 15.2. The van der Waals surface area contributed by atoms with Crippen molar-refractivity contribution in [3.05, 3.63) is 33.9 Å². The normalized spacial score (nSPS) is 17.2. The largest absolute Gasteiger partial charge is 0.381 e. The topological polar surface area (TPSA) is 107 Å². The lowest BCUT2D eigenvalue weighted by atomic mass is 9.92. The number of primary amides is 1. The fourth-order valence-electron chi connectivity index (χ4n) is 2.54. The van der Waals surface area contributed by atoms with Crippen molar-refractivity contribution >= 4 is 17.3 Å². The van der Waals surface area contributed by atoms with Gasteiger partial charge in [-0.3, -0.25) is 14.9 Å². The number of carbonyl (C=O) groups excluding carboxylic acids is 1. The summed E-state index contributed by atoms with van der Waals surface area (Å²) in [5.74, 6) is -0.267. The summed E-state index contributed by atoms with van der Waals surface area (Å²) in [4.78, 5) is 21.8. The molecule has 1 unspecified atom stereocenters. The van der Waals surface area contributed by atoms with E-state index in [2.05, 4.69) is 5.32 Å². The van der Waals surface area contributed by atoms with E-state index in [-0.39, 0.29) is 17.3 Å². The molecule has 0 saturated carbocycles. The van der Waals surface area contributed by atoms with Gasteiger partial charge in [0, 0.05) is 30.9 Å². The number of nitro groups is 1. The Balaban J connectivity index is 2.18. The highest BCUT2D eigenvalue weighted by atomic mass is 16.6. The Labute approximate surface area is 122 Å². The summed E-state index contributed by atoms with van der Waals surface area (Å²) >= 11 is 0. The van der Waals surface area contributed by atoms with Crippen LogP contribution in [0.2, 0.25) is 0 Å². The van der Waals surface area contributed by atoms with Crippen LogP contribution in [0.5, 0.6) is 0 Å². The van der Waals surface area contributed by atoms with Gasteiger partial charge in [-0.25, -0.2) is 0 Å². The molecule has 7 heteroatoms. The van der Waals surface area contributed by atoms with E-state index in [1.54, 1.807) is 0 Å². The number of nitrogens with zero attached hydrogens (tertiary/aromatic N) is 1. The zero-order chi connectivity index (χ0) is 15.4. The van der Waals surface area contributed by atoms with Crippen LogP contribution in [0.1, 0.15) is 30.1 Å². The predicted octanol–water partition coefficient (Wildman–Crippen LogP) is 1.92. The summed E-state index contributed by atoms with van der Waals surface area (Å²) in [7, 11) is 0. The van der Waals surface area contributed by atoms with Crippen molar-refractivity contribution in [2.45, 2.75) is 25.8 Å². The van der Waals surface area contributed by atoms with E-state index >= 15 is 0 Å². The number of amides is 1. The molecular formula is C14H19N3O4. The highest BCUT2D eigenvalue weighted by Gasteiger charge is 2.23. The number of hydrogen-bond donors (Lipinski definition) is 2. The van der Waals surface area contributed by atoms with Crippen molar-refractivity contribution in [1.82, 2.24) is 0 Å². The quantitative estimate of drug-likeness (QED) is 0.637. The van der Waals surface area contributed by atoms with Crippen molar-refractivity contribution < 1.29 is 14.5 Å². The van der Waals surface area contributed by atoms with Crippen LogP contribution in [-0.2, 0) is 4.74 Å². The Hall–Kier alpha value is -2.15. The number of nitrogens with one attached hydrogen (secondary N) is 1. The lowest BCUT2D eigenvalue weighted by molar-refractivity contribution is -0.384. The number of anilines is 1. The molecule has 1 atom stereocenters. The first-order chi connectivity index (χ1) is 9.99. The third-order valence-corrected chi connectivity index (χ3v) is 3.84. The minimum atomic E-state index is -0.679. The standard InChI is InChI=1S/C14H19N3O4/c1-9(10-4-6-21-7-5-10)16-12-3-2-11(14(15)18)8-13(12)17(19)20/h2-3,8-10,16H,4-7H2,1H3,(H2,15,18). The van der Waals surface area contributed by atoms with Crippen LogP contribution in [-0.4, -0.2) is 30.1 Å². The lowest BCUT2D eigenvalue weighted by Crippen LogP contribution is -2.31. The second kappa shape index (κ2) is 6.53. The number of benzene rings is 1. The average molecular weight is 293 g/mol. The van der Waals surface area contributed by atoms with E-state index in [1.807, 2.05) is 6.92 Å². The van der Waals surface area contributed by atoms with Crippen LogP contribution >= 0.6 is 0 Å². The molecule has 114 valence electrons. The Morgan fingerprint density at radius 1 is 1.48 bits per heavy atom. The molecule has 0 bridgehead atoms. The summed E-state index contributed by atoms with van der Waals surface area (Å²) < 4.78 is 5.32. The van der Waals surface area contributed by atoms with E-state index in [1.165, 1.54) is 18.2 Å². The number of hydrogen-bond acceptors (Lipinski definition) is 5. The van der Waals surface area contributed by atoms with Gasteiger partial charge in [-0.05, 0) is 37.8 Å². The van der Waals surface area contributed by atoms with E-state index in [9.17, 15) is 14.9 Å². The third-order valence-electron chi connectivity index (χ3n) is 3.84. The second-order valence-electron chi connectivity index (χ2n) is 5.24. The van der Waals surface area contributed by atoms with Crippen LogP contribution in [0.3, 0.4) is 0 Å². The molecule has 3 N–H and O–H groups in total. The Morgan fingerprint density at radius 2 is 2.14 bits per heavy atom. The summed E-state index contributed by atoms with van der Waals surface area (Å²) in [5, 5.41) is 14.3. The molecule has 1 aromatic carbocycles. The fraction of sp³-hybridized carbons (Fsp3) is 0.500. The van der Waals surface area contributed by atoms with Gasteiger partial charge in [-0.1, -0.05) is 0 Å². The molecule has 1 fully saturated rings. The fourth-order valence-corrected chi connectivity index (χ4v) is 2.54.